The molecular formula is C19H35N5O. The van der Waals surface area contributed by atoms with Gasteiger partial charge in [0.05, 0.1) is 6.04 Å². The summed E-state index contributed by atoms with van der Waals surface area (Å²) in [6.45, 7) is 7.41. The Hall–Kier alpha value is -0.690. The second kappa shape index (κ2) is 7.91. The fourth-order valence-corrected chi connectivity index (χ4v) is 5.32. The molecular weight excluding hydrogens is 314 g/mol. The van der Waals surface area contributed by atoms with Crippen LogP contribution in [-0.2, 0) is 4.79 Å². The Morgan fingerprint density at radius 3 is 2.36 bits per heavy atom. The average molecular weight is 350 g/mol. The van der Waals surface area contributed by atoms with Gasteiger partial charge < -0.3 is 26.2 Å². The molecule has 0 saturated carbocycles. The van der Waals surface area contributed by atoms with Gasteiger partial charge in [-0.1, -0.05) is 0 Å². The molecule has 4 aliphatic rings. The van der Waals surface area contributed by atoms with Crippen molar-refractivity contribution in [3.05, 3.63) is 0 Å². The van der Waals surface area contributed by atoms with Crippen molar-refractivity contribution in [1.29, 1.82) is 0 Å². The van der Waals surface area contributed by atoms with Gasteiger partial charge in [-0.25, -0.2) is 0 Å². The SMILES string of the molecule is NC1CNCCC1C1CCC(C(=O)N2CCC(N3CCC3)CC2)NC1. The number of nitrogens with zero attached hydrogens (tertiary/aromatic N) is 2. The highest BCUT2D eigenvalue weighted by Gasteiger charge is 2.36. The second-order valence-corrected chi connectivity index (χ2v) is 8.56. The molecule has 4 saturated heterocycles. The standard InChI is InChI=1S/C19H35N5O/c20-17-13-21-7-4-16(17)14-2-3-18(22-12-14)19(25)24-10-5-15(6-11-24)23-8-1-9-23/h14-18,21-22H,1-13,20H2. The van der Waals surface area contributed by atoms with Gasteiger partial charge in [-0.05, 0) is 76.5 Å². The first kappa shape index (κ1) is 17.7. The van der Waals surface area contributed by atoms with Gasteiger partial charge in [0.15, 0.2) is 0 Å². The lowest BCUT2D eigenvalue weighted by molar-refractivity contribution is -0.136. The predicted octanol–water partition coefficient (Wildman–Crippen LogP) is -0.0119. The smallest absolute Gasteiger partial charge is 0.239 e. The van der Waals surface area contributed by atoms with Crippen molar-refractivity contribution in [3.63, 3.8) is 0 Å². The van der Waals surface area contributed by atoms with E-state index in [1.54, 1.807) is 0 Å². The molecule has 4 heterocycles. The minimum Gasteiger partial charge on any atom is -0.341 e. The van der Waals surface area contributed by atoms with Crippen LogP contribution in [-0.4, -0.2) is 79.6 Å². The fourth-order valence-electron chi connectivity index (χ4n) is 5.32. The summed E-state index contributed by atoms with van der Waals surface area (Å²) in [4.78, 5) is 17.6. The molecule has 0 radical (unpaired) electrons. The van der Waals surface area contributed by atoms with Crippen LogP contribution in [0, 0.1) is 11.8 Å². The summed E-state index contributed by atoms with van der Waals surface area (Å²) in [5.74, 6) is 1.59. The minimum absolute atomic E-state index is 0.0368. The molecule has 4 N–H and O–H groups in total. The number of nitrogens with two attached hydrogens (primary N) is 1. The predicted molar refractivity (Wildman–Crippen MR) is 99.3 cm³/mol. The van der Waals surface area contributed by atoms with Crippen molar-refractivity contribution >= 4 is 5.91 Å². The topological polar surface area (TPSA) is 73.6 Å². The molecule has 4 fully saturated rings. The fraction of sp³-hybridized carbons (Fsp3) is 0.947. The van der Waals surface area contributed by atoms with Crippen LogP contribution in [0.15, 0.2) is 0 Å². The van der Waals surface area contributed by atoms with Crippen molar-refractivity contribution in [3.8, 4) is 0 Å². The van der Waals surface area contributed by atoms with E-state index in [-0.39, 0.29) is 12.1 Å². The van der Waals surface area contributed by atoms with E-state index >= 15 is 0 Å². The number of rotatable bonds is 3. The molecule has 6 nitrogen and oxygen atoms in total. The lowest BCUT2D eigenvalue weighted by Gasteiger charge is -2.44. The van der Waals surface area contributed by atoms with Crippen molar-refractivity contribution in [1.82, 2.24) is 20.4 Å². The summed E-state index contributed by atoms with van der Waals surface area (Å²) in [6, 6.07) is 1.03. The van der Waals surface area contributed by atoms with Gasteiger partial charge in [0.1, 0.15) is 0 Å². The summed E-state index contributed by atoms with van der Waals surface area (Å²) in [5, 5.41) is 6.95. The summed E-state index contributed by atoms with van der Waals surface area (Å²) in [6.07, 6.45) is 6.97. The number of likely N-dealkylation sites (tertiary alicyclic amines) is 2. The van der Waals surface area contributed by atoms with Crippen molar-refractivity contribution in [2.45, 2.75) is 56.7 Å². The highest BCUT2D eigenvalue weighted by Crippen LogP contribution is 2.29. The molecule has 0 spiro atoms. The van der Waals surface area contributed by atoms with Crippen LogP contribution in [0.2, 0.25) is 0 Å². The molecule has 142 valence electrons. The number of amides is 1. The molecule has 4 unspecified atom stereocenters. The van der Waals surface area contributed by atoms with Crippen molar-refractivity contribution in [2.24, 2.45) is 17.6 Å². The maximum Gasteiger partial charge on any atom is 0.239 e. The van der Waals surface area contributed by atoms with Crippen molar-refractivity contribution in [2.75, 3.05) is 45.8 Å². The van der Waals surface area contributed by atoms with E-state index in [4.69, 9.17) is 5.73 Å². The van der Waals surface area contributed by atoms with E-state index in [9.17, 15) is 4.79 Å². The highest BCUT2D eigenvalue weighted by molar-refractivity contribution is 5.82. The number of nitrogens with one attached hydrogen (secondary N) is 2. The monoisotopic (exact) mass is 349 g/mol. The molecule has 0 aliphatic carbocycles. The Kier molecular flexibility index (Phi) is 5.60. The van der Waals surface area contributed by atoms with Gasteiger partial charge in [-0.15, -0.1) is 0 Å². The van der Waals surface area contributed by atoms with Crippen LogP contribution in [0.5, 0.6) is 0 Å². The Bertz CT molecular complexity index is 453. The Balaban J connectivity index is 1.23. The third kappa shape index (κ3) is 3.87. The van der Waals surface area contributed by atoms with Gasteiger partial charge >= 0.3 is 0 Å². The van der Waals surface area contributed by atoms with E-state index in [1.807, 2.05) is 0 Å². The van der Waals surface area contributed by atoms with Gasteiger partial charge in [0.2, 0.25) is 5.91 Å². The summed E-state index contributed by atoms with van der Waals surface area (Å²) in [7, 11) is 0. The van der Waals surface area contributed by atoms with E-state index in [1.165, 1.54) is 25.9 Å². The van der Waals surface area contributed by atoms with Gasteiger partial charge in [-0.3, -0.25) is 4.79 Å². The minimum atomic E-state index is 0.0368. The first-order valence-electron chi connectivity index (χ1n) is 10.4. The van der Waals surface area contributed by atoms with Crippen LogP contribution in [0.3, 0.4) is 0 Å². The molecule has 0 aromatic heterocycles. The normalized spacial score (nSPS) is 38.4. The zero-order chi connectivity index (χ0) is 17.2. The molecule has 25 heavy (non-hydrogen) atoms. The third-order valence-electron chi connectivity index (χ3n) is 7.12. The molecule has 1 amide bonds. The second-order valence-electron chi connectivity index (χ2n) is 8.56. The number of piperidine rings is 3. The van der Waals surface area contributed by atoms with Crippen LogP contribution in [0.4, 0.5) is 0 Å². The van der Waals surface area contributed by atoms with Gasteiger partial charge in [0.25, 0.3) is 0 Å². The molecule has 4 atom stereocenters. The first-order chi connectivity index (χ1) is 12.2. The van der Waals surface area contributed by atoms with Crippen LogP contribution in [0.25, 0.3) is 0 Å². The maximum absolute atomic E-state index is 12.9. The first-order valence-corrected chi connectivity index (χ1v) is 10.4. The zero-order valence-electron chi connectivity index (χ0n) is 15.5. The zero-order valence-corrected chi connectivity index (χ0v) is 15.5. The molecule has 4 aliphatic heterocycles. The molecule has 0 bridgehead atoms. The summed E-state index contributed by atoms with van der Waals surface area (Å²) >= 11 is 0. The van der Waals surface area contributed by atoms with E-state index in [0.717, 1.165) is 64.4 Å². The van der Waals surface area contributed by atoms with Gasteiger partial charge in [0, 0.05) is 31.7 Å². The molecule has 0 aromatic rings. The quantitative estimate of drug-likeness (QED) is 0.668. The summed E-state index contributed by atoms with van der Waals surface area (Å²) < 4.78 is 0. The Morgan fingerprint density at radius 2 is 1.76 bits per heavy atom. The van der Waals surface area contributed by atoms with Crippen LogP contribution in [0.1, 0.15) is 38.5 Å². The number of carbonyl (C=O) groups is 1. The largest absolute Gasteiger partial charge is 0.341 e. The maximum atomic E-state index is 12.9. The van der Waals surface area contributed by atoms with Crippen LogP contribution >= 0.6 is 0 Å². The molecule has 4 rings (SSSR count). The van der Waals surface area contributed by atoms with Crippen LogP contribution < -0.4 is 16.4 Å². The van der Waals surface area contributed by atoms with E-state index in [0.29, 0.717) is 17.7 Å². The highest BCUT2D eigenvalue weighted by atomic mass is 16.2. The lowest BCUT2D eigenvalue weighted by Crippen LogP contribution is -2.57. The number of hydrogen-bond acceptors (Lipinski definition) is 5. The Morgan fingerprint density at radius 1 is 0.960 bits per heavy atom. The molecule has 6 heteroatoms. The van der Waals surface area contributed by atoms with E-state index < -0.39 is 0 Å². The average Bonchev–Trinajstić information content (AvgIpc) is 2.61. The Labute approximate surface area is 151 Å². The molecule has 0 aromatic carbocycles. The summed E-state index contributed by atoms with van der Waals surface area (Å²) in [5.41, 5.74) is 6.31. The third-order valence-corrected chi connectivity index (χ3v) is 7.12. The lowest BCUT2D eigenvalue weighted by atomic mass is 9.77. The van der Waals surface area contributed by atoms with E-state index in [2.05, 4.69) is 20.4 Å². The van der Waals surface area contributed by atoms with Crippen molar-refractivity contribution < 1.29 is 4.79 Å². The number of hydrogen-bond donors (Lipinski definition) is 3. The number of carbonyl (C=O) groups excluding carboxylic acids is 1. The van der Waals surface area contributed by atoms with Gasteiger partial charge in [-0.2, -0.15) is 0 Å².